The Balaban J connectivity index is 1.90. The molecular formula is C12H13N3O2. The highest BCUT2D eigenvalue weighted by molar-refractivity contribution is 5.43. The van der Waals surface area contributed by atoms with Crippen LogP contribution in [0.15, 0.2) is 41.5 Å². The fourth-order valence-corrected chi connectivity index (χ4v) is 1.42. The summed E-state index contributed by atoms with van der Waals surface area (Å²) in [5.41, 5.74) is 6.84. The summed E-state index contributed by atoms with van der Waals surface area (Å²) in [6, 6.07) is 8.68. The summed E-state index contributed by atoms with van der Waals surface area (Å²) in [5.74, 6) is 0.717. The third-order valence-electron chi connectivity index (χ3n) is 2.22. The van der Waals surface area contributed by atoms with Gasteiger partial charge in [-0.05, 0) is 12.1 Å². The largest absolute Gasteiger partial charge is 0.493 e. The first-order chi connectivity index (χ1) is 8.24. The van der Waals surface area contributed by atoms with E-state index in [-0.39, 0.29) is 5.56 Å². The van der Waals surface area contributed by atoms with Crippen LogP contribution in [0.25, 0.3) is 0 Å². The SMILES string of the molecule is Nc1cccc(OCCc2cc(=O)[nH]cn2)c1. The molecule has 5 nitrogen and oxygen atoms in total. The molecule has 0 saturated heterocycles. The Hall–Kier alpha value is -2.30. The van der Waals surface area contributed by atoms with E-state index in [1.165, 1.54) is 12.4 Å². The lowest BCUT2D eigenvalue weighted by Crippen LogP contribution is -2.09. The molecule has 0 aliphatic carbocycles. The number of anilines is 1. The lowest BCUT2D eigenvalue weighted by Gasteiger charge is -2.05. The fourth-order valence-electron chi connectivity index (χ4n) is 1.42. The Kier molecular flexibility index (Phi) is 3.40. The van der Waals surface area contributed by atoms with Crippen molar-refractivity contribution in [3.63, 3.8) is 0 Å². The average molecular weight is 231 g/mol. The van der Waals surface area contributed by atoms with Crippen molar-refractivity contribution in [3.8, 4) is 5.75 Å². The van der Waals surface area contributed by atoms with Crippen LogP contribution in [0.1, 0.15) is 5.69 Å². The van der Waals surface area contributed by atoms with Crippen molar-refractivity contribution < 1.29 is 4.74 Å². The van der Waals surface area contributed by atoms with Crippen LogP contribution in [0.4, 0.5) is 5.69 Å². The molecule has 0 fully saturated rings. The number of H-pyrrole nitrogens is 1. The van der Waals surface area contributed by atoms with Crippen LogP contribution >= 0.6 is 0 Å². The Morgan fingerprint density at radius 1 is 1.35 bits per heavy atom. The zero-order valence-corrected chi connectivity index (χ0v) is 9.22. The predicted octanol–water partition coefficient (Wildman–Crippen LogP) is 0.974. The van der Waals surface area contributed by atoms with Gasteiger partial charge in [0.05, 0.1) is 18.6 Å². The van der Waals surface area contributed by atoms with E-state index in [2.05, 4.69) is 9.97 Å². The van der Waals surface area contributed by atoms with Gasteiger partial charge in [-0.1, -0.05) is 6.07 Å². The summed E-state index contributed by atoms with van der Waals surface area (Å²) < 4.78 is 5.50. The predicted molar refractivity (Wildman–Crippen MR) is 64.9 cm³/mol. The topological polar surface area (TPSA) is 81.0 Å². The molecule has 0 aliphatic heterocycles. The molecule has 1 aromatic carbocycles. The van der Waals surface area contributed by atoms with Gasteiger partial charge in [-0.25, -0.2) is 4.98 Å². The van der Waals surface area contributed by atoms with Gasteiger partial charge in [-0.15, -0.1) is 0 Å². The molecule has 0 bridgehead atoms. The van der Waals surface area contributed by atoms with Crippen molar-refractivity contribution in [1.29, 1.82) is 0 Å². The van der Waals surface area contributed by atoms with Gasteiger partial charge >= 0.3 is 0 Å². The van der Waals surface area contributed by atoms with Crippen molar-refractivity contribution in [1.82, 2.24) is 9.97 Å². The highest BCUT2D eigenvalue weighted by Crippen LogP contribution is 2.14. The number of nitrogen functional groups attached to an aromatic ring is 1. The van der Waals surface area contributed by atoms with E-state index in [0.717, 1.165) is 5.75 Å². The van der Waals surface area contributed by atoms with Gasteiger partial charge in [0, 0.05) is 24.2 Å². The van der Waals surface area contributed by atoms with Crippen LogP contribution < -0.4 is 16.0 Å². The van der Waals surface area contributed by atoms with Crippen LogP contribution in [0, 0.1) is 0 Å². The van der Waals surface area contributed by atoms with Crippen LogP contribution in [0.3, 0.4) is 0 Å². The first kappa shape index (κ1) is 11.2. The Morgan fingerprint density at radius 2 is 2.24 bits per heavy atom. The Labute approximate surface area is 98.3 Å². The molecule has 17 heavy (non-hydrogen) atoms. The van der Waals surface area contributed by atoms with Gasteiger partial charge in [-0.3, -0.25) is 4.79 Å². The van der Waals surface area contributed by atoms with Crippen molar-refractivity contribution in [3.05, 3.63) is 52.7 Å². The van der Waals surface area contributed by atoms with Gasteiger partial charge in [0.1, 0.15) is 5.75 Å². The number of rotatable bonds is 4. The summed E-state index contributed by atoms with van der Waals surface area (Å²) >= 11 is 0. The Bertz CT molecular complexity index is 551. The molecular weight excluding hydrogens is 218 g/mol. The van der Waals surface area contributed by atoms with Crippen molar-refractivity contribution in [2.75, 3.05) is 12.3 Å². The molecule has 2 aromatic rings. The summed E-state index contributed by atoms with van der Waals surface area (Å²) in [7, 11) is 0. The monoisotopic (exact) mass is 231 g/mol. The van der Waals surface area contributed by atoms with Gasteiger partial charge < -0.3 is 15.5 Å². The van der Waals surface area contributed by atoms with Crippen molar-refractivity contribution >= 4 is 5.69 Å². The van der Waals surface area contributed by atoms with Crippen LogP contribution in [0.2, 0.25) is 0 Å². The first-order valence-corrected chi connectivity index (χ1v) is 5.26. The molecule has 0 aliphatic rings. The number of ether oxygens (including phenoxy) is 1. The van der Waals surface area contributed by atoms with E-state index in [1.807, 2.05) is 12.1 Å². The Morgan fingerprint density at radius 3 is 3.00 bits per heavy atom. The molecule has 0 radical (unpaired) electrons. The molecule has 2 rings (SSSR count). The third-order valence-corrected chi connectivity index (χ3v) is 2.22. The number of nitrogens with one attached hydrogen (secondary N) is 1. The van der Waals surface area contributed by atoms with Crippen LogP contribution in [-0.2, 0) is 6.42 Å². The molecule has 1 heterocycles. The third kappa shape index (κ3) is 3.34. The van der Waals surface area contributed by atoms with Gasteiger partial charge in [0.15, 0.2) is 0 Å². The lowest BCUT2D eigenvalue weighted by molar-refractivity contribution is 0.320. The van der Waals surface area contributed by atoms with E-state index in [4.69, 9.17) is 10.5 Å². The normalized spacial score (nSPS) is 10.1. The average Bonchev–Trinajstić information content (AvgIpc) is 2.29. The summed E-state index contributed by atoms with van der Waals surface area (Å²) in [4.78, 5) is 17.5. The van der Waals surface area contributed by atoms with Gasteiger partial charge in [0.25, 0.3) is 5.56 Å². The number of hydrogen-bond acceptors (Lipinski definition) is 4. The van der Waals surface area contributed by atoms with Crippen LogP contribution in [-0.4, -0.2) is 16.6 Å². The van der Waals surface area contributed by atoms with E-state index in [9.17, 15) is 4.79 Å². The second-order valence-electron chi connectivity index (χ2n) is 3.57. The maximum atomic E-state index is 11.0. The number of nitrogens with zero attached hydrogens (tertiary/aromatic N) is 1. The number of benzene rings is 1. The van der Waals surface area contributed by atoms with Crippen molar-refractivity contribution in [2.24, 2.45) is 0 Å². The second kappa shape index (κ2) is 5.16. The minimum atomic E-state index is -0.154. The van der Waals surface area contributed by atoms with E-state index in [0.29, 0.717) is 24.4 Å². The molecule has 0 amide bonds. The van der Waals surface area contributed by atoms with Crippen LogP contribution in [0.5, 0.6) is 5.75 Å². The number of nitrogens with two attached hydrogens (primary N) is 1. The van der Waals surface area contributed by atoms with E-state index < -0.39 is 0 Å². The number of aromatic amines is 1. The molecule has 0 atom stereocenters. The highest BCUT2D eigenvalue weighted by atomic mass is 16.5. The maximum Gasteiger partial charge on any atom is 0.250 e. The van der Waals surface area contributed by atoms with Crippen molar-refractivity contribution in [2.45, 2.75) is 6.42 Å². The molecule has 3 N–H and O–H groups in total. The van der Waals surface area contributed by atoms with Gasteiger partial charge in [-0.2, -0.15) is 0 Å². The molecule has 5 heteroatoms. The minimum absolute atomic E-state index is 0.154. The molecule has 1 aromatic heterocycles. The summed E-state index contributed by atoms with van der Waals surface area (Å²) in [5, 5.41) is 0. The lowest BCUT2D eigenvalue weighted by atomic mass is 10.3. The maximum absolute atomic E-state index is 11.0. The highest BCUT2D eigenvalue weighted by Gasteiger charge is 1.98. The number of hydrogen-bond donors (Lipinski definition) is 2. The van der Waals surface area contributed by atoms with E-state index >= 15 is 0 Å². The zero-order chi connectivity index (χ0) is 12.1. The number of aromatic nitrogens is 2. The van der Waals surface area contributed by atoms with Gasteiger partial charge in [0.2, 0.25) is 0 Å². The fraction of sp³-hybridized carbons (Fsp3) is 0.167. The standard InChI is InChI=1S/C12H13N3O2/c13-9-2-1-3-11(6-9)17-5-4-10-7-12(16)15-8-14-10/h1-3,6-8H,4-5,13H2,(H,14,15,16). The minimum Gasteiger partial charge on any atom is -0.493 e. The quantitative estimate of drug-likeness (QED) is 0.768. The second-order valence-corrected chi connectivity index (χ2v) is 3.57. The molecule has 0 unspecified atom stereocenters. The summed E-state index contributed by atoms with van der Waals surface area (Å²) in [6.07, 6.45) is 1.97. The molecule has 0 spiro atoms. The molecule has 0 saturated carbocycles. The smallest absolute Gasteiger partial charge is 0.250 e. The first-order valence-electron chi connectivity index (χ1n) is 5.26. The zero-order valence-electron chi connectivity index (χ0n) is 9.22. The molecule has 88 valence electrons. The van der Waals surface area contributed by atoms with E-state index in [1.54, 1.807) is 12.1 Å². The summed E-state index contributed by atoms with van der Waals surface area (Å²) in [6.45, 7) is 0.458.